The van der Waals surface area contributed by atoms with Crippen LogP contribution in [0.3, 0.4) is 0 Å². The normalized spacial score (nSPS) is 18.8. The van der Waals surface area contributed by atoms with Crippen molar-refractivity contribution in [3.8, 4) is 0 Å². The van der Waals surface area contributed by atoms with Crippen LogP contribution in [0.1, 0.15) is 46.0 Å². The van der Waals surface area contributed by atoms with E-state index < -0.39 is 0 Å². The predicted molar refractivity (Wildman–Crippen MR) is 54.0 cm³/mol. The molecule has 1 aliphatic carbocycles. The summed E-state index contributed by atoms with van der Waals surface area (Å²) in [5, 5.41) is 3.46. The number of hydrogen-bond acceptors (Lipinski definition) is 1. The molecular weight excluding hydrogens is 146 g/mol. The van der Waals surface area contributed by atoms with E-state index >= 15 is 0 Å². The molecule has 0 aliphatic heterocycles. The Hall–Kier alpha value is -0.460. The second-order valence-corrected chi connectivity index (χ2v) is 4.08. The van der Waals surface area contributed by atoms with Gasteiger partial charge in [-0.05, 0) is 25.7 Å². The second-order valence-electron chi connectivity index (χ2n) is 4.08. The van der Waals surface area contributed by atoms with Gasteiger partial charge in [0.2, 0.25) is 0 Å². The largest absolute Gasteiger partial charge is 0.386 e. The molecule has 70 valence electrons. The summed E-state index contributed by atoms with van der Waals surface area (Å²) in [7, 11) is 0. The van der Waals surface area contributed by atoms with E-state index in [1.807, 2.05) is 0 Å². The molecule has 1 rings (SSSR count). The minimum Gasteiger partial charge on any atom is -0.386 e. The van der Waals surface area contributed by atoms with Crippen LogP contribution in [0, 0.1) is 5.92 Å². The molecule has 0 heterocycles. The van der Waals surface area contributed by atoms with Crippen molar-refractivity contribution in [1.29, 1.82) is 0 Å². The summed E-state index contributed by atoms with van der Waals surface area (Å²) in [5.41, 5.74) is 1.21. The molecule has 1 nitrogen and oxygen atoms in total. The molecule has 1 heteroatoms. The smallest absolute Gasteiger partial charge is 0.0232 e. The molecule has 1 fully saturated rings. The van der Waals surface area contributed by atoms with Crippen LogP contribution < -0.4 is 5.32 Å². The van der Waals surface area contributed by atoms with Gasteiger partial charge in [-0.3, -0.25) is 0 Å². The highest BCUT2D eigenvalue weighted by Gasteiger charge is 2.23. The Balaban J connectivity index is 2.06. The first-order valence-corrected chi connectivity index (χ1v) is 5.16. The number of allylic oxidation sites excluding steroid dienone is 1. The van der Waals surface area contributed by atoms with Crippen molar-refractivity contribution in [2.24, 2.45) is 5.92 Å². The Morgan fingerprint density at radius 1 is 1.58 bits per heavy atom. The van der Waals surface area contributed by atoms with Crippen LogP contribution in [-0.2, 0) is 0 Å². The van der Waals surface area contributed by atoms with Gasteiger partial charge in [0.25, 0.3) is 0 Å². The van der Waals surface area contributed by atoms with Crippen LogP contribution >= 0.6 is 0 Å². The predicted octanol–water partition coefficient (Wildman–Crippen LogP) is 3.08. The molecule has 0 radical (unpaired) electrons. The van der Waals surface area contributed by atoms with Crippen LogP contribution in [0.15, 0.2) is 12.3 Å². The quantitative estimate of drug-likeness (QED) is 0.641. The van der Waals surface area contributed by atoms with Crippen molar-refractivity contribution in [1.82, 2.24) is 5.32 Å². The molecule has 0 aromatic carbocycles. The molecule has 0 aromatic heterocycles. The SMILES string of the molecule is C=C(CCC)NC(C)CC1CC1. The van der Waals surface area contributed by atoms with E-state index in [9.17, 15) is 0 Å². The zero-order valence-electron chi connectivity index (χ0n) is 8.40. The first-order valence-electron chi connectivity index (χ1n) is 5.16. The fraction of sp³-hybridized carbons (Fsp3) is 0.818. The molecule has 0 saturated heterocycles. The van der Waals surface area contributed by atoms with Crippen LogP contribution in [-0.4, -0.2) is 6.04 Å². The van der Waals surface area contributed by atoms with E-state index in [1.54, 1.807) is 0 Å². The van der Waals surface area contributed by atoms with E-state index in [-0.39, 0.29) is 0 Å². The Morgan fingerprint density at radius 2 is 2.25 bits per heavy atom. The number of rotatable bonds is 6. The third kappa shape index (κ3) is 3.80. The standard InChI is InChI=1S/C11H21N/c1-4-5-9(2)12-10(3)8-11-6-7-11/h10-12H,2,4-8H2,1,3H3. The summed E-state index contributed by atoms with van der Waals surface area (Å²) in [6.07, 6.45) is 6.55. The maximum Gasteiger partial charge on any atom is 0.0232 e. The Morgan fingerprint density at radius 3 is 2.75 bits per heavy atom. The lowest BCUT2D eigenvalue weighted by molar-refractivity contribution is 0.522. The van der Waals surface area contributed by atoms with E-state index in [1.165, 1.54) is 31.4 Å². The number of hydrogen-bond donors (Lipinski definition) is 1. The van der Waals surface area contributed by atoms with E-state index in [0.29, 0.717) is 6.04 Å². The van der Waals surface area contributed by atoms with Crippen molar-refractivity contribution >= 4 is 0 Å². The molecule has 1 atom stereocenters. The van der Waals surface area contributed by atoms with Gasteiger partial charge in [-0.15, -0.1) is 0 Å². The molecule has 0 aromatic rings. The third-order valence-corrected chi connectivity index (χ3v) is 2.39. The average molecular weight is 167 g/mol. The van der Waals surface area contributed by atoms with Crippen LogP contribution in [0.2, 0.25) is 0 Å². The summed E-state index contributed by atoms with van der Waals surface area (Å²) in [6.45, 7) is 8.46. The lowest BCUT2D eigenvalue weighted by atomic mass is 10.1. The van der Waals surface area contributed by atoms with Crippen LogP contribution in [0.25, 0.3) is 0 Å². The molecule has 1 aliphatic rings. The molecule has 0 bridgehead atoms. The summed E-state index contributed by atoms with van der Waals surface area (Å²) < 4.78 is 0. The zero-order valence-corrected chi connectivity index (χ0v) is 8.40. The molecule has 1 unspecified atom stereocenters. The lowest BCUT2D eigenvalue weighted by Crippen LogP contribution is -2.25. The first-order chi connectivity index (χ1) is 5.72. The Bertz CT molecular complexity index is 147. The van der Waals surface area contributed by atoms with Gasteiger partial charge in [0.15, 0.2) is 0 Å². The molecule has 1 N–H and O–H groups in total. The maximum atomic E-state index is 4.00. The maximum absolute atomic E-state index is 4.00. The lowest BCUT2D eigenvalue weighted by Gasteiger charge is -2.16. The average Bonchev–Trinajstić information content (AvgIpc) is 2.71. The minimum atomic E-state index is 0.636. The summed E-state index contributed by atoms with van der Waals surface area (Å²) in [6, 6.07) is 0.636. The van der Waals surface area contributed by atoms with Gasteiger partial charge in [0.05, 0.1) is 0 Å². The van der Waals surface area contributed by atoms with E-state index in [0.717, 1.165) is 12.3 Å². The van der Waals surface area contributed by atoms with Gasteiger partial charge >= 0.3 is 0 Å². The van der Waals surface area contributed by atoms with Crippen molar-refractivity contribution in [3.05, 3.63) is 12.3 Å². The fourth-order valence-corrected chi connectivity index (χ4v) is 1.63. The van der Waals surface area contributed by atoms with Crippen LogP contribution in [0.5, 0.6) is 0 Å². The highest BCUT2D eigenvalue weighted by atomic mass is 14.9. The number of nitrogens with one attached hydrogen (secondary N) is 1. The molecular formula is C11H21N. The van der Waals surface area contributed by atoms with Crippen molar-refractivity contribution in [2.45, 2.75) is 52.0 Å². The van der Waals surface area contributed by atoms with Gasteiger partial charge < -0.3 is 5.32 Å². The van der Waals surface area contributed by atoms with Crippen molar-refractivity contribution < 1.29 is 0 Å². The van der Waals surface area contributed by atoms with Crippen LogP contribution in [0.4, 0.5) is 0 Å². The monoisotopic (exact) mass is 167 g/mol. The molecule has 0 amide bonds. The zero-order chi connectivity index (χ0) is 8.97. The van der Waals surface area contributed by atoms with Gasteiger partial charge in [0, 0.05) is 11.7 Å². The summed E-state index contributed by atoms with van der Waals surface area (Å²) in [5.74, 6) is 1.02. The molecule has 12 heavy (non-hydrogen) atoms. The highest BCUT2D eigenvalue weighted by Crippen LogP contribution is 2.33. The van der Waals surface area contributed by atoms with Gasteiger partial charge in [-0.25, -0.2) is 0 Å². The second kappa shape index (κ2) is 4.54. The topological polar surface area (TPSA) is 12.0 Å². The summed E-state index contributed by atoms with van der Waals surface area (Å²) >= 11 is 0. The van der Waals surface area contributed by atoms with E-state index in [2.05, 4.69) is 25.7 Å². The first kappa shape index (κ1) is 9.63. The van der Waals surface area contributed by atoms with E-state index in [4.69, 9.17) is 0 Å². The Labute approximate surface area is 76.2 Å². The van der Waals surface area contributed by atoms with Crippen molar-refractivity contribution in [3.63, 3.8) is 0 Å². The van der Waals surface area contributed by atoms with Gasteiger partial charge in [-0.2, -0.15) is 0 Å². The molecule has 0 spiro atoms. The molecule has 1 saturated carbocycles. The van der Waals surface area contributed by atoms with Gasteiger partial charge in [-0.1, -0.05) is 32.8 Å². The third-order valence-electron chi connectivity index (χ3n) is 2.39. The minimum absolute atomic E-state index is 0.636. The highest BCUT2D eigenvalue weighted by molar-refractivity contribution is 4.93. The fourth-order valence-electron chi connectivity index (χ4n) is 1.63. The summed E-state index contributed by atoms with van der Waals surface area (Å²) in [4.78, 5) is 0. The van der Waals surface area contributed by atoms with Crippen molar-refractivity contribution in [2.75, 3.05) is 0 Å². The Kier molecular flexibility index (Phi) is 3.64. The van der Waals surface area contributed by atoms with Gasteiger partial charge in [0.1, 0.15) is 0 Å².